The second-order valence-corrected chi connectivity index (χ2v) is 9.52. The summed E-state index contributed by atoms with van der Waals surface area (Å²) >= 11 is 6.99. The highest BCUT2D eigenvalue weighted by molar-refractivity contribution is 9.10. The Labute approximate surface area is 201 Å². The van der Waals surface area contributed by atoms with E-state index in [4.69, 9.17) is 4.74 Å². The van der Waals surface area contributed by atoms with E-state index >= 15 is 0 Å². The van der Waals surface area contributed by atoms with Crippen molar-refractivity contribution in [2.24, 2.45) is 0 Å². The minimum Gasteiger partial charge on any atom is -0.483 e. The Morgan fingerprint density at radius 3 is 2.45 bits per heavy atom. The number of ether oxygens (including phenoxy) is 1. The Morgan fingerprint density at radius 1 is 1.10 bits per heavy atom. The number of nitrogens with one attached hydrogen (secondary N) is 1. The van der Waals surface area contributed by atoms with Gasteiger partial charge in [0.1, 0.15) is 11.8 Å². The first-order valence-electron chi connectivity index (χ1n) is 10.5. The topological polar surface area (TPSA) is 58.6 Å². The molecule has 0 aromatic heterocycles. The molecule has 7 heteroatoms. The van der Waals surface area contributed by atoms with Crippen LogP contribution in [0, 0.1) is 0 Å². The van der Waals surface area contributed by atoms with Gasteiger partial charge in [-0.25, -0.2) is 0 Å². The van der Waals surface area contributed by atoms with Crippen LogP contribution in [0.25, 0.3) is 0 Å². The van der Waals surface area contributed by atoms with Crippen molar-refractivity contribution < 1.29 is 14.3 Å². The Kier molecular flexibility index (Phi) is 10.0. The van der Waals surface area contributed by atoms with Crippen molar-refractivity contribution in [3.05, 3.63) is 62.5 Å². The Balaban J connectivity index is 2.16. The quantitative estimate of drug-likeness (QED) is 0.413. The fourth-order valence-electron chi connectivity index (χ4n) is 3.03. The minimum absolute atomic E-state index is 0.154. The Morgan fingerprint density at radius 2 is 1.84 bits per heavy atom. The summed E-state index contributed by atoms with van der Waals surface area (Å²) in [6.07, 6.45) is 0.835. The molecule has 0 fully saturated rings. The number of nitrogens with zero attached hydrogens (tertiary/aromatic N) is 1. The molecule has 0 saturated carbocycles. The highest BCUT2D eigenvalue weighted by Crippen LogP contribution is 2.29. The first-order chi connectivity index (χ1) is 14.7. The number of benzene rings is 2. The molecule has 0 aliphatic rings. The summed E-state index contributed by atoms with van der Waals surface area (Å²) in [5, 5.41) is 2.87. The molecule has 0 radical (unpaired) electrons. The predicted octanol–water partition coefficient (Wildman–Crippen LogP) is 5.66. The van der Waals surface area contributed by atoms with Crippen molar-refractivity contribution in [3.63, 3.8) is 0 Å². The van der Waals surface area contributed by atoms with Crippen LogP contribution in [0.2, 0.25) is 0 Å². The van der Waals surface area contributed by atoms with Crippen LogP contribution in [0.15, 0.2) is 51.4 Å². The molecule has 2 amide bonds. The Hall–Kier alpha value is -1.86. The van der Waals surface area contributed by atoms with Crippen molar-refractivity contribution in [2.75, 3.05) is 13.2 Å². The average Bonchev–Trinajstić information content (AvgIpc) is 2.74. The predicted molar refractivity (Wildman–Crippen MR) is 131 cm³/mol. The lowest BCUT2D eigenvalue weighted by Gasteiger charge is -2.29. The molecule has 1 unspecified atom stereocenters. The van der Waals surface area contributed by atoms with E-state index in [1.165, 1.54) is 5.56 Å². The lowest BCUT2D eigenvalue weighted by molar-refractivity contribution is -0.142. The van der Waals surface area contributed by atoms with E-state index in [9.17, 15) is 9.59 Å². The summed E-state index contributed by atoms with van der Waals surface area (Å²) < 4.78 is 7.53. The highest BCUT2D eigenvalue weighted by atomic mass is 79.9. The fraction of sp³-hybridized carbons (Fsp3) is 0.417. The third-order valence-electron chi connectivity index (χ3n) is 4.93. The molecular weight excluding hydrogens is 524 g/mol. The number of rotatable bonds is 10. The van der Waals surface area contributed by atoms with Crippen LogP contribution >= 0.6 is 31.9 Å². The van der Waals surface area contributed by atoms with E-state index in [1.807, 2.05) is 49.4 Å². The smallest absolute Gasteiger partial charge is 0.261 e. The van der Waals surface area contributed by atoms with E-state index in [-0.39, 0.29) is 18.4 Å². The summed E-state index contributed by atoms with van der Waals surface area (Å²) in [5.41, 5.74) is 2.11. The standard InChI is InChI=1S/C24H30Br2N2O3/c1-5-11-27-24(30)17(4)28(14-18-7-6-8-20(25)12-18)23(29)15-31-22-10-9-19(16(2)3)13-21(22)26/h6-10,12-13,16-17H,5,11,14-15H2,1-4H3,(H,27,30). The maximum Gasteiger partial charge on any atom is 0.261 e. The maximum atomic E-state index is 13.1. The van der Waals surface area contributed by atoms with Crippen molar-refractivity contribution in [1.82, 2.24) is 10.2 Å². The number of carbonyl (C=O) groups excluding carboxylic acids is 2. The zero-order valence-corrected chi connectivity index (χ0v) is 21.6. The van der Waals surface area contributed by atoms with Crippen molar-refractivity contribution >= 4 is 43.7 Å². The molecular formula is C24H30Br2N2O3. The third kappa shape index (κ3) is 7.65. The number of hydrogen-bond acceptors (Lipinski definition) is 3. The zero-order valence-electron chi connectivity index (χ0n) is 18.5. The Bertz CT molecular complexity index is 902. The van der Waals surface area contributed by atoms with Gasteiger partial charge in [0.25, 0.3) is 5.91 Å². The van der Waals surface area contributed by atoms with E-state index in [1.54, 1.807) is 11.8 Å². The summed E-state index contributed by atoms with van der Waals surface area (Å²) in [6.45, 7) is 8.72. The average molecular weight is 554 g/mol. The SMILES string of the molecule is CCCNC(=O)C(C)N(Cc1cccc(Br)c1)C(=O)COc1ccc(C(C)C)cc1Br. The molecule has 168 valence electrons. The van der Waals surface area contributed by atoms with Crippen LogP contribution in [0.4, 0.5) is 0 Å². The van der Waals surface area contributed by atoms with E-state index in [0.29, 0.717) is 24.8 Å². The minimum atomic E-state index is -0.617. The van der Waals surface area contributed by atoms with Gasteiger partial charge in [0.05, 0.1) is 4.47 Å². The van der Waals surface area contributed by atoms with Crippen molar-refractivity contribution in [2.45, 2.75) is 52.6 Å². The van der Waals surface area contributed by atoms with E-state index < -0.39 is 6.04 Å². The van der Waals surface area contributed by atoms with Crippen LogP contribution in [0.5, 0.6) is 5.75 Å². The van der Waals surface area contributed by atoms with E-state index in [0.717, 1.165) is 20.9 Å². The van der Waals surface area contributed by atoms with Gasteiger partial charge < -0.3 is 15.0 Å². The van der Waals surface area contributed by atoms with Gasteiger partial charge in [0, 0.05) is 17.6 Å². The van der Waals surface area contributed by atoms with Gasteiger partial charge in [-0.3, -0.25) is 9.59 Å². The molecule has 0 saturated heterocycles. The number of hydrogen-bond donors (Lipinski definition) is 1. The van der Waals surface area contributed by atoms with E-state index in [2.05, 4.69) is 51.0 Å². The molecule has 2 rings (SSSR count). The molecule has 0 aliphatic heterocycles. The summed E-state index contributed by atoms with van der Waals surface area (Å²) in [7, 11) is 0. The second-order valence-electron chi connectivity index (χ2n) is 7.75. The monoisotopic (exact) mass is 552 g/mol. The number of halogens is 2. The number of amides is 2. The molecule has 1 atom stereocenters. The lowest BCUT2D eigenvalue weighted by atomic mass is 10.0. The van der Waals surface area contributed by atoms with Crippen LogP contribution in [0.3, 0.4) is 0 Å². The summed E-state index contributed by atoms with van der Waals surface area (Å²) in [4.78, 5) is 27.2. The zero-order chi connectivity index (χ0) is 23.0. The molecule has 0 aliphatic carbocycles. The molecule has 0 bridgehead atoms. The lowest BCUT2D eigenvalue weighted by Crippen LogP contribution is -2.49. The van der Waals surface area contributed by atoms with Gasteiger partial charge in [-0.05, 0) is 70.6 Å². The second kappa shape index (κ2) is 12.2. The first-order valence-corrected chi connectivity index (χ1v) is 12.0. The van der Waals surface area contributed by atoms with Crippen molar-refractivity contribution in [3.8, 4) is 5.75 Å². The normalized spacial score (nSPS) is 11.8. The molecule has 2 aromatic rings. The molecule has 1 N–H and O–H groups in total. The summed E-state index contributed by atoms with van der Waals surface area (Å²) in [5.74, 6) is 0.574. The number of carbonyl (C=O) groups is 2. The van der Waals surface area contributed by atoms with Gasteiger partial charge in [0.2, 0.25) is 5.91 Å². The van der Waals surface area contributed by atoms with Gasteiger partial charge in [-0.2, -0.15) is 0 Å². The van der Waals surface area contributed by atoms with Crippen LogP contribution in [-0.4, -0.2) is 35.9 Å². The van der Waals surface area contributed by atoms with Crippen LogP contribution < -0.4 is 10.1 Å². The van der Waals surface area contributed by atoms with Gasteiger partial charge in [-0.1, -0.05) is 54.9 Å². The fourth-order valence-corrected chi connectivity index (χ4v) is 3.98. The summed E-state index contributed by atoms with van der Waals surface area (Å²) in [6, 6.07) is 13.0. The van der Waals surface area contributed by atoms with Crippen molar-refractivity contribution in [1.29, 1.82) is 0 Å². The van der Waals surface area contributed by atoms with Gasteiger partial charge in [-0.15, -0.1) is 0 Å². The van der Waals surface area contributed by atoms with Crippen LogP contribution in [0.1, 0.15) is 51.2 Å². The molecule has 2 aromatic carbocycles. The van der Waals surface area contributed by atoms with Gasteiger partial charge in [0.15, 0.2) is 6.61 Å². The molecule has 0 spiro atoms. The molecule has 0 heterocycles. The van der Waals surface area contributed by atoms with Gasteiger partial charge >= 0.3 is 0 Å². The largest absolute Gasteiger partial charge is 0.483 e. The highest BCUT2D eigenvalue weighted by Gasteiger charge is 2.26. The van der Waals surface area contributed by atoms with Crippen LogP contribution in [-0.2, 0) is 16.1 Å². The maximum absolute atomic E-state index is 13.1. The first kappa shape index (κ1) is 25.4. The molecule has 31 heavy (non-hydrogen) atoms. The third-order valence-corrected chi connectivity index (χ3v) is 6.05. The molecule has 5 nitrogen and oxygen atoms in total.